The minimum Gasteiger partial charge on any atom is -0.229 e. The van der Waals surface area contributed by atoms with E-state index in [4.69, 9.17) is 0 Å². The molecule has 0 saturated heterocycles. The van der Waals surface area contributed by atoms with Gasteiger partial charge in [-0.2, -0.15) is 0 Å². The predicted molar refractivity (Wildman–Crippen MR) is 172 cm³/mol. The second kappa shape index (κ2) is 25.6. The molecule has 0 unspecified atom stereocenters. The lowest BCUT2D eigenvalue weighted by molar-refractivity contribution is 0.587. The predicted octanol–water partition coefficient (Wildman–Crippen LogP) is 9.30. The lowest BCUT2D eigenvalue weighted by atomic mass is 10.0. The highest BCUT2D eigenvalue weighted by Gasteiger charge is 2.17. The van der Waals surface area contributed by atoms with Gasteiger partial charge in [0.05, 0.1) is 15.4 Å². The molecule has 4 nitrogen and oxygen atoms in total. The van der Waals surface area contributed by atoms with Crippen molar-refractivity contribution in [1.29, 1.82) is 0 Å². The molecule has 0 amide bonds. The first-order chi connectivity index (χ1) is 17.5. The Morgan fingerprint density at radius 1 is 0.579 bits per heavy atom. The fourth-order valence-electron chi connectivity index (χ4n) is 1.97. The molecule has 0 aliphatic carbocycles. The molecular weight excluding hydrogens is 512 g/mol. The molecule has 2 aromatic carbocycles. The molecule has 38 heavy (non-hydrogen) atoms. The van der Waals surface area contributed by atoms with Crippen molar-refractivity contribution in [3.8, 4) is 0 Å². The summed E-state index contributed by atoms with van der Waals surface area (Å²) in [6, 6.07) is 19.1. The van der Waals surface area contributed by atoms with E-state index in [9.17, 15) is 16.8 Å². The van der Waals surface area contributed by atoms with Crippen LogP contribution in [0.25, 0.3) is 0 Å². The van der Waals surface area contributed by atoms with Crippen molar-refractivity contribution in [2.45, 2.75) is 118 Å². The Bertz CT molecular complexity index is 947. The minimum atomic E-state index is -3.08. The summed E-state index contributed by atoms with van der Waals surface area (Å²) in [7, 11) is -5.82. The van der Waals surface area contributed by atoms with Crippen molar-refractivity contribution >= 4 is 19.7 Å². The molecule has 2 rings (SSSR count). The van der Waals surface area contributed by atoms with E-state index in [0.717, 1.165) is 11.8 Å². The lowest BCUT2D eigenvalue weighted by Gasteiger charge is -2.06. The first-order valence-corrected chi connectivity index (χ1v) is 17.6. The van der Waals surface area contributed by atoms with Crippen LogP contribution in [0.1, 0.15) is 102 Å². The van der Waals surface area contributed by atoms with E-state index in [1.807, 2.05) is 27.7 Å². The average Bonchev–Trinajstić information content (AvgIpc) is 2.87. The van der Waals surface area contributed by atoms with Gasteiger partial charge in [-0.3, -0.25) is 0 Å². The maximum atomic E-state index is 11.5. The van der Waals surface area contributed by atoms with Gasteiger partial charge in [-0.15, -0.1) is 0 Å². The Balaban J connectivity index is -0.000000202. The van der Waals surface area contributed by atoms with E-state index >= 15 is 0 Å². The summed E-state index contributed by atoms with van der Waals surface area (Å²) in [5, 5.41) is -0.576. The molecule has 2 aromatic rings. The third-order valence-electron chi connectivity index (χ3n) is 4.85. The molecule has 0 N–H and O–H groups in total. The van der Waals surface area contributed by atoms with Crippen molar-refractivity contribution in [2.75, 3.05) is 6.26 Å². The number of hydrogen-bond acceptors (Lipinski definition) is 4. The number of rotatable bonds is 6. The second-order valence-electron chi connectivity index (χ2n) is 9.67. The molecule has 0 fully saturated rings. The van der Waals surface area contributed by atoms with Gasteiger partial charge in [0.2, 0.25) is 0 Å². The highest BCUT2D eigenvalue weighted by atomic mass is 32.2. The maximum absolute atomic E-state index is 11.5. The van der Waals surface area contributed by atoms with Crippen molar-refractivity contribution in [2.24, 2.45) is 11.8 Å². The number of benzene rings is 2. The van der Waals surface area contributed by atoms with Crippen LogP contribution in [0.3, 0.4) is 0 Å². The van der Waals surface area contributed by atoms with Crippen LogP contribution in [0, 0.1) is 11.8 Å². The third kappa shape index (κ3) is 26.0. The maximum Gasteiger partial charge on any atom is 0.180 e. The van der Waals surface area contributed by atoms with Crippen LogP contribution in [-0.4, -0.2) is 33.6 Å². The van der Waals surface area contributed by atoms with Crippen LogP contribution in [0.5, 0.6) is 0 Å². The van der Waals surface area contributed by atoms with E-state index < -0.39 is 19.7 Å². The summed E-state index contributed by atoms with van der Waals surface area (Å²) in [5.41, 5.74) is 1.44. The quantitative estimate of drug-likeness (QED) is 0.346. The summed E-state index contributed by atoms with van der Waals surface area (Å²) >= 11 is 0. The Kier molecular flexibility index (Phi) is 29.2. The van der Waals surface area contributed by atoms with Crippen LogP contribution < -0.4 is 0 Å². The summed E-state index contributed by atoms with van der Waals surface area (Å²) in [6.45, 7) is 25.8. The van der Waals surface area contributed by atoms with Gasteiger partial charge in [-0.1, -0.05) is 117 Å². The molecule has 0 radical (unpaired) electrons. The van der Waals surface area contributed by atoms with Crippen molar-refractivity contribution < 1.29 is 16.8 Å². The Hall–Kier alpha value is -1.66. The molecule has 0 aliphatic heterocycles. The van der Waals surface area contributed by atoms with Crippen LogP contribution in [0.2, 0.25) is 0 Å². The molecule has 0 aliphatic rings. The molecule has 0 heterocycles. The molecule has 0 bridgehead atoms. The van der Waals surface area contributed by atoms with E-state index in [-0.39, 0.29) is 10.5 Å². The largest absolute Gasteiger partial charge is 0.229 e. The van der Waals surface area contributed by atoms with Gasteiger partial charge >= 0.3 is 0 Å². The first-order valence-electron chi connectivity index (χ1n) is 14.1. The standard InChI is InChI=1S/C10H14.C9H12O2S.C5H12.C4H10O2S.2C2H6/c1-9(2)8-10-6-4-3-5-7-10;1-8(2)12(10,11)9-6-4-3-5-7-9;1-4-5(2)3;1-4(2)7(3,5)6;2*1-2/h3-7,9H,8H2,1-2H3;3-8H,1-2H3;5H,4H2,1-3H3;4H,1-3H3;2*1-2H3. The van der Waals surface area contributed by atoms with Crippen LogP contribution in [0.4, 0.5) is 0 Å². The summed E-state index contributed by atoms with van der Waals surface area (Å²) in [4.78, 5) is 0.403. The Morgan fingerprint density at radius 2 is 0.895 bits per heavy atom. The highest BCUT2D eigenvalue weighted by molar-refractivity contribution is 7.92. The molecule has 0 atom stereocenters. The van der Waals surface area contributed by atoms with Gasteiger partial charge in [-0.05, 0) is 63.6 Å². The van der Waals surface area contributed by atoms with Crippen LogP contribution in [-0.2, 0) is 26.1 Å². The van der Waals surface area contributed by atoms with Gasteiger partial charge < -0.3 is 0 Å². The molecule has 0 aromatic heterocycles. The van der Waals surface area contributed by atoms with E-state index in [1.165, 1.54) is 24.7 Å². The number of sulfone groups is 2. The minimum absolute atomic E-state index is 0.229. The SMILES string of the molecule is CC.CC.CC(C)Cc1ccccc1.CC(C)S(=O)(=O)c1ccccc1.CC(C)S(C)(=O)=O.CCC(C)C. The van der Waals surface area contributed by atoms with E-state index in [0.29, 0.717) is 4.90 Å². The van der Waals surface area contributed by atoms with Gasteiger partial charge in [0.1, 0.15) is 9.84 Å². The summed E-state index contributed by atoms with van der Waals surface area (Å²) in [6.07, 6.45) is 3.73. The molecular formula is C32H60O4S2. The summed E-state index contributed by atoms with van der Waals surface area (Å²) in [5.74, 6) is 1.65. The highest BCUT2D eigenvalue weighted by Crippen LogP contribution is 2.14. The van der Waals surface area contributed by atoms with Crippen molar-refractivity contribution in [1.82, 2.24) is 0 Å². The third-order valence-corrected chi connectivity index (χ3v) is 8.73. The monoisotopic (exact) mass is 572 g/mol. The molecule has 6 heteroatoms. The number of hydrogen-bond donors (Lipinski definition) is 0. The van der Waals surface area contributed by atoms with Crippen molar-refractivity contribution in [3.05, 3.63) is 66.2 Å². The van der Waals surface area contributed by atoms with Gasteiger partial charge in [0.15, 0.2) is 9.84 Å². The smallest absolute Gasteiger partial charge is 0.180 e. The Labute approximate surface area is 238 Å². The second-order valence-corrected chi connectivity index (χ2v) is 14.8. The first kappa shape index (κ1) is 43.4. The Morgan fingerprint density at radius 3 is 1.13 bits per heavy atom. The molecule has 224 valence electrons. The zero-order valence-electron chi connectivity index (χ0n) is 26.9. The average molecular weight is 573 g/mol. The van der Waals surface area contributed by atoms with Crippen molar-refractivity contribution in [3.63, 3.8) is 0 Å². The zero-order chi connectivity index (χ0) is 30.9. The van der Waals surface area contributed by atoms with Crippen LogP contribution in [0.15, 0.2) is 65.6 Å². The molecule has 0 saturated carbocycles. The topological polar surface area (TPSA) is 68.3 Å². The zero-order valence-corrected chi connectivity index (χ0v) is 28.6. The normalized spacial score (nSPS) is 10.4. The van der Waals surface area contributed by atoms with E-state index in [1.54, 1.807) is 58.0 Å². The molecule has 0 spiro atoms. The van der Waals surface area contributed by atoms with Crippen LogP contribution >= 0.6 is 0 Å². The lowest BCUT2D eigenvalue weighted by Crippen LogP contribution is -2.13. The fraction of sp³-hybridized carbons (Fsp3) is 0.625. The van der Waals surface area contributed by atoms with E-state index in [2.05, 4.69) is 65.0 Å². The summed E-state index contributed by atoms with van der Waals surface area (Å²) < 4.78 is 43.7. The van der Waals surface area contributed by atoms with Gasteiger partial charge in [0.25, 0.3) is 0 Å². The van der Waals surface area contributed by atoms with Gasteiger partial charge in [0, 0.05) is 6.26 Å². The van der Waals surface area contributed by atoms with Gasteiger partial charge in [-0.25, -0.2) is 16.8 Å². The fourth-order valence-corrected chi connectivity index (χ4v) is 3.05.